The van der Waals surface area contributed by atoms with Gasteiger partial charge in [-0.1, -0.05) is 0 Å². The summed E-state index contributed by atoms with van der Waals surface area (Å²) in [4.78, 5) is 43.4. The lowest BCUT2D eigenvalue weighted by Gasteiger charge is -2.27. The Labute approximate surface area is 133 Å². The van der Waals surface area contributed by atoms with E-state index in [1.807, 2.05) is 0 Å². The minimum Gasteiger partial charge on any atom is -0.358 e. The standard InChI is InChI=1S/C6H18O13P4/c7-5(17-21(11)12,18-22(13)14)3-1-2-4-6(8,20(9)10)19-23(15)16/h7-8,11-12,20,22-23H,1-4H2,(H,9,10)(H,13,14)(H,15,16). The van der Waals surface area contributed by atoms with Crippen LogP contribution >= 0.6 is 33.1 Å². The summed E-state index contributed by atoms with van der Waals surface area (Å²) in [5, 5.41) is 19.3. The van der Waals surface area contributed by atoms with E-state index >= 15 is 0 Å². The van der Waals surface area contributed by atoms with E-state index in [9.17, 15) is 23.9 Å². The van der Waals surface area contributed by atoms with Gasteiger partial charge in [-0.05, 0) is 12.8 Å². The van der Waals surface area contributed by atoms with Crippen LogP contribution in [-0.4, -0.2) is 46.2 Å². The first kappa shape index (κ1) is 23.7. The Kier molecular flexibility index (Phi) is 11.0. The third kappa shape index (κ3) is 10.3. The topological polar surface area (TPSA) is 221 Å². The van der Waals surface area contributed by atoms with Crippen LogP contribution in [-0.2, 0) is 27.3 Å². The van der Waals surface area contributed by atoms with Gasteiger partial charge in [-0.15, -0.1) is 0 Å². The molecule has 0 radical (unpaired) electrons. The van der Waals surface area contributed by atoms with Crippen LogP contribution in [0.2, 0.25) is 0 Å². The van der Waals surface area contributed by atoms with Crippen molar-refractivity contribution in [1.82, 2.24) is 0 Å². The second kappa shape index (κ2) is 10.7. The molecule has 0 aromatic heterocycles. The fourth-order valence-corrected chi connectivity index (χ4v) is 3.70. The molecule has 0 amide bonds. The van der Waals surface area contributed by atoms with Gasteiger partial charge in [-0.25, -0.2) is 0 Å². The number of hydrogen-bond acceptors (Lipinski definition) is 10. The van der Waals surface area contributed by atoms with E-state index in [0.717, 1.165) is 0 Å². The zero-order valence-corrected chi connectivity index (χ0v) is 15.3. The summed E-state index contributed by atoms with van der Waals surface area (Å²) < 4.78 is 44.5. The monoisotopic (exact) mass is 422 g/mol. The van der Waals surface area contributed by atoms with E-state index < -0.39 is 57.5 Å². The molecule has 0 rings (SSSR count). The van der Waals surface area contributed by atoms with Gasteiger partial charge in [0.25, 0.3) is 5.97 Å². The maximum Gasteiger partial charge on any atom is 0.331 e. The minimum absolute atomic E-state index is 0.179. The first-order chi connectivity index (χ1) is 10.4. The molecule has 0 spiro atoms. The molecule has 0 aliphatic heterocycles. The number of unbranched alkanes of at least 4 members (excludes halogenated alkanes) is 1. The van der Waals surface area contributed by atoms with Crippen LogP contribution in [0.1, 0.15) is 25.7 Å². The van der Waals surface area contributed by atoms with Gasteiger partial charge in [-0.3, -0.25) is 27.3 Å². The fourth-order valence-electron chi connectivity index (χ4n) is 1.44. The van der Waals surface area contributed by atoms with E-state index in [1.165, 1.54) is 0 Å². The maximum absolute atomic E-state index is 11.0. The Bertz CT molecular complexity index is 444. The van der Waals surface area contributed by atoms with Gasteiger partial charge in [-0.2, -0.15) is 0 Å². The molecule has 0 saturated carbocycles. The molecule has 0 aliphatic rings. The Morgan fingerprint density at radius 3 is 1.74 bits per heavy atom. The molecule has 5 unspecified atom stereocenters. The highest BCUT2D eigenvalue weighted by Gasteiger charge is 2.38. The van der Waals surface area contributed by atoms with E-state index in [1.54, 1.807) is 0 Å². The lowest BCUT2D eigenvalue weighted by Crippen LogP contribution is -2.32. The molecule has 23 heavy (non-hydrogen) atoms. The first-order valence-electron chi connectivity index (χ1n) is 5.79. The zero-order valence-electron chi connectivity index (χ0n) is 11.4. The Balaban J connectivity index is 4.61. The Morgan fingerprint density at radius 2 is 1.35 bits per heavy atom. The van der Waals surface area contributed by atoms with Crippen LogP contribution in [0, 0.1) is 0 Å². The predicted molar refractivity (Wildman–Crippen MR) is 76.6 cm³/mol. The van der Waals surface area contributed by atoms with Crippen molar-refractivity contribution >= 4 is 33.1 Å². The highest BCUT2D eigenvalue weighted by atomic mass is 31.2. The van der Waals surface area contributed by atoms with Crippen molar-refractivity contribution < 1.29 is 61.9 Å². The predicted octanol–water partition coefficient (Wildman–Crippen LogP) is -0.669. The summed E-state index contributed by atoms with van der Waals surface area (Å²) in [6.45, 7) is 0. The lowest BCUT2D eigenvalue weighted by atomic mass is 10.1. The van der Waals surface area contributed by atoms with Crippen molar-refractivity contribution in [2.75, 3.05) is 0 Å². The molecule has 0 fully saturated rings. The average Bonchev–Trinajstić information content (AvgIpc) is 2.31. The average molecular weight is 422 g/mol. The van der Waals surface area contributed by atoms with Crippen LogP contribution in [0.4, 0.5) is 0 Å². The molecule has 13 nitrogen and oxygen atoms in total. The molecule has 0 aromatic carbocycles. The van der Waals surface area contributed by atoms with Crippen molar-refractivity contribution in [3.05, 3.63) is 0 Å². The normalized spacial score (nSPS) is 21.4. The smallest absolute Gasteiger partial charge is 0.331 e. The van der Waals surface area contributed by atoms with Crippen molar-refractivity contribution in [3.8, 4) is 0 Å². The van der Waals surface area contributed by atoms with Gasteiger partial charge >= 0.3 is 25.1 Å². The van der Waals surface area contributed by atoms with Crippen molar-refractivity contribution in [1.29, 1.82) is 0 Å². The van der Waals surface area contributed by atoms with Gasteiger partial charge in [0, 0.05) is 12.8 Å². The third-order valence-corrected chi connectivity index (χ3v) is 5.00. The zero-order chi connectivity index (χ0) is 18.3. The van der Waals surface area contributed by atoms with Crippen LogP contribution in [0.3, 0.4) is 0 Å². The van der Waals surface area contributed by atoms with Gasteiger partial charge < -0.3 is 34.7 Å². The van der Waals surface area contributed by atoms with Crippen molar-refractivity contribution in [2.45, 2.75) is 37.2 Å². The second-order valence-corrected chi connectivity index (χ2v) is 7.64. The van der Waals surface area contributed by atoms with Crippen molar-refractivity contribution in [2.24, 2.45) is 0 Å². The Morgan fingerprint density at radius 1 is 0.870 bits per heavy atom. The summed E-state index contributed by atoms with van der Waals surface area (Å²) in [7, 11) is -14.3. The summed E-state index contributed by atoms with van der Waals surface area (Å²) in [6.07, 6.45) is -1.53. The largest absolute Gasteiger partial charge is 0.358 e. The van der Waals surface area contributed by atoms with Crippen LogP contribution < -0.4 is 0 Å². The molecule has 7 N–H and O–H groups in total. The summed E-state index contributed by atoms with van der Waals surface area (Å²) in [5.41, 5.74) is -2.75. The van der Waals surface area contributed by atoms with Crippen molar-refractivity contribution in [3.63, 3.8) is 0 Å². The summed E-state index contributed by atoms with van der Waals surface area (Å²) in [5.74, 6) is -2.80. The highest BCUT2D eigenvalue weighted by Crippen LogP contribution is 2.44. The number of aliphatic hydroxyl groups is 2. The SMILES string of the molecule is O=[PH](O)OC(O)(CCCCC(O)(O[PH](=O)O)[PH](=O)O)OP(O)O. The maximum atomic E-state index is 11.0. The summed E-state index contributed by atoms with van der Waals surface area (Å²) >= 11 is 0. The molecule has 0 heterocycles. The molecule has 0 aromatic rings. The lowest BCUT2D eigenvalue weighted by molar-refractivity contribution is -0.280. The van der Waals surface area contributed by atoms with E-state index in [-0.39, 0.29) is 12.8 Å². The summed E-state index contributed by atoms with van der Waals surface area (Å²) in [6, 6.07) is 0. The third-order valence-electron chi connectivity index (χ3n) is 2.32. The molecule has 0 bridgehead atoms. The molecular formula is C6H18O13P4. The van der Waals surface area contributed by atoms with Crippen LogP contribution in [0.5, 0.6) is 0 Å². The first-order valence-corrected chi connectivity index (χ1v) is 10.8. The van der Waals surface area contributed by atoms with Crippen LogP contribution in [0.15, 0.2) is 0 Å². The molecule has 140 valence electrons. The Hall–Kier alpha value is 0.720. The molecule has 5 atom stereocenters. The van der Waals surface area contributed by atoms with E-state index in [0.29, 0.717) is 0 Å². The molecule has 0 saturated heterocycles. The molecular weight excluding hydrogens is 404 g/mol. The van der Waals surface area contributed by atoms with Gasteiger partial charge in [0.15, 0.2) is 0 Å². The van der Waals surface area contributed by atoms with E-state index in [4.69, 9.17) is 24.5 Å². The molecule has 0 aliphatic carbocycles. The number of hydrogen-bond donors (Lipinski definition) is 7. The molecule has 17 heteroatoms. The van der Waals surface area contributed by atoms with Gasteiger partial charge in [0.2, 0.25) is 13.6 Å². The highest BCUT2D eigenvalue weighted by molar-refractivity contribution is 7.41. The second-order valence-electron chi connectivity index (χ2n) is 4.09. The minimum atomic E-state index is -3.76. The van der Waals surface area contributed by atoms with Gasteiger partial charge in [0.1, 0.15) is 0 Å². The quantitative estimate of drug-likeness (QED) is 0.118. The fraction of sp³-hybridized carbons (Fsp3) is 1.00. The van der Waals surface area contributed by atoms with E-state index in [2.05, 4.69) is 13.6 Å². The number of rotatable bonds is 12. The van der Waals surface area contributed by atoms with Gasteiger partial charge in [0.05, 0.1) is 0 Å². The van der Waals surface area contributed by atoms with Crippen LogP contribution in [0.25, 0.3) is 0 Å².